The molecule has 0 fully saturated rings. The number of rotatable bonds is 4. The largest absolute Gasteiger partial charge is 0.309 e. The Hall–Kier alpha value is -6.88. The van der Waals surface area contributed by atoms with Crippen molar-refractivity contribution < 1.29 is 0 Å². The van der Waals surface area contributed by atoms with E-state index < -0.39 is 0 Å². The zero-order chi connectivity index (χ0) is 32.2. The Balaban J connectivity index is 1.32. The van der Waals surface area contributed by atoms with Gasteiger partial charge >= 0.3 is 0 Å². The third-order valence-corrected chi connectivity index (χ3v) is 9.36. The third kappa shape index (κ3) is 4.14. The van der Waals surface area contributed by atoms with Crippen LogP contribution < -0.4 is 0 Å². The average Bonchev–Trinajstić information content (AvgIpc) is 3.67. The Bertz CT molecular complexity index is 2760. The summed E-state index contributed by atoms with van der Waals surface area (Å²) in [6.45, 7) is 15.6. The van der Waals surface area contributed by atoms with Gasteiger partial charge in [0.15, 0.2) is 11.4 Å². The van der Waals surface area contributed by atoms with Crippen molar-refractivity contribution in [3.8, 4) is 33.6 Å². The maximum absolute atomic E-state index is 7.96. The molecule has 0 bridgehead atoms. The van der Waals surface area contributed by atoms with Gasteiger partial charge in [-0.25, -0.2) is 9.69 Å². The van der Waals surface area contributed by atoms with Crippen molar-refractivity contribution in [1.82, 2.24) is 9.13 Å². The molecule has 0 N–H and O–H groups in total. The van der Waals surface area contributed by atoms with E-state index in [9.17, 15) is 0 Å². The molecule has 0 aliphatic heterocycles. The highest BCUT2D eigenvalue weighted by atomic mass is 15.0. The van der Waals surface area contributed by atoms with E-state index in [2.05, 4.69) is 128 Å². The lowest BCUT2D eigenvalue weighted by Crippen LogP contribution is -1.97. The Labute approximate surface area is 277 Å². The maximum atomic E-state index is 7.96. The molecule has 0 radical (unpaired) electrons. The fourth-order valence-corrected chi connectivity index (χ4v) is 7.27. The minimum absolute atomic E-state index is 0.619. The molecule has 0 saturated heterocycles. The predicted octanol–water partition coefficient (Wildman–Crippen LogP) is 12.3. The van der Waals surface area contributed by atoms with Gasteiger partial charge in [-0.05, 0) is 82.2 Å². The van der Waals surface area contributed by atoms with Crippen LogP contribution in [0.3, 0.4) is 0 Å². The number of aromatic nitrogens is 2. The molecule has 9 aromatic rings. The van der Waals surface area contributed by atoms with Gasteiger partial charge in [0.25, 0.3) is 0 Å². The first-order chi connectivity index (χ1) is 23.7. The van der Waals surface area contributed by atoms with E-state index in [0.29, 0.717) is 11.4 Å². The quantitative estimate of drug-likeness (QED) is 0.177. The molecule has 4 nitrogen and oxygen atoms in total. The normalized spacial score (nSPS) is 11.3. The van der Waals surface area contributed by atoms with Gasteiger partial charge in [0.1, 0.15) is 0 Å². The van der Waals surface area contributed by atoms with Crippen molar-refractivity contribution in [2.45, 2.75) is 0 Å². The molecule has 0 unspecified atom stereocenters. The van der Waals surface area contributed by atoms with Crippen molar-refractivity contribution in [1.29, 1.82) is 0 Å². The van der Waals surface area contributed by atoms with Gasteiger partial charge in [0.2, 0.25) is 0 Å². The summed E-state index contributed by atoms with van der Waals surface area (Å²) in [7, 11) is 0. The van der Waals surface area contributed by atoms with E-state index in [-0.39, 0.29) is 0 Å². The van der Waals surface area contributed by atoms with Crippen LogP contribution in [0.2, 0.25) is 0 Å². The summed E-state index contributed by atoms with van der Waals surface area (Å²) in [5.74, 6) is 0. The molecular formula is C44H26N4. The zero-order valence-corrected chi connectivity index (χ0v) is 25.8. The molecule has 2 aromatic heterocycles. The molecule has 222 valence electrons. The van der Waals surface area contributed by atoms with Crippen LogP contribution >= 0.6 is 0 Å². The number of hydrogen-bond acceptors (Lipinski definition) is 0. The molecule has 2 heterocycles. The van der Waals surface area contributed by atoms with Gasteiger partial charge in [-0.2, -0.15) is 0 Å². The number of hydrogen-bond donors (Lipinski definition) is 0. The maximum Gasteiger partial charge on any atom is 0.194 e. The van der Waals surface area contributed by atoms with Gasteiger partial charge in [-0.3, -0.25) is 0 Å². The second kappa shape index (κ2) is 10.9. The van der Waals surface area contributed by atoms with E-state index in [1.54, 1.807) is 0 Å². The van der Waals surface area contributed by atoms with Crippen molar-refractivity contribution in [2.24, 2.45) is 0 Å². The third-order valence-electron chi connectivity index (χ3n) is 9.36. The van der Waals surface area contributed by atoms with E-state index >= 15 is 0 Å². The van der Waals surface area contributed by atoms with Crippen LogP contribution in [0.15, 0.2) is 158 Å². The Morgan fingerprint density at radius 2 is 0.958 bits per heavy atom. The van der Waals surface area contributed by atoms with Gasteiger partial charge in [0, 0.05) is 27.5 Å². The van der Waals surface area contributed by atoms with Crippen LogP contribution in [0.1, 0.15) is 0 Å². The molecule has 0 atom stereocenters. The first-order valence-corrected chi connectivity index (χ1v) is 15.8. The molecule has 0 saturated carbocycles. The lowest BCUT2D eigenvalue weighted by Gasteiger charge is -2.17. The second-order valence-electron chi connectivity index (χ2n) is 11.9. The van der Waals surface area contributed by atoms with Crippen LogP contribution in [-0.4, -0.2) is 9.13 Å². The number of fused-ring (bicyclic) bond motifs is 6. The summed E-state index contributed by atoms with van der Waals surface area (Å²) in [5.41, 5.74) is 11.8. The molecule has 0 spiro atoms. The molecule has 0 aliphatic rings. The summed E-state index contributed by atoms with van der Waals surface area (Å²) >= 11 is 0. The summed E-state index contributed by atoms with van der Waals surface area (Å²) in [6.07, 6.45) is 0. The highest BCUT2D eigenvalue weighted by Gasteiger charge is 2.18. The average molecular weight is 611 g/mol. The highest BCUT2D eigenvalue weighted by Crippen LogP contribution is 2.42. The highest BCUT2D eigenvalue weighted by molar-refractivity contribution is 6.11. The minimum atomic E-state index is 0.619. The van der Waals surface area contributed by atoms with Crippen molar-refractivity contribution in [2.75, 3.05) is 0 Å². The molecule has 0 amide bonds. The minimum Gasteiger partial charge on any atom is -0.309 e. The number of benzene rings is 7. The van der Waals surface area contributed by atoms with Crippen LogP contribution in [0.5, 0.6) is 0 Å². The fourth-order valence-electron chi connectivity index (χ4n) is 7.27. The molecular weight excluding hydrogens is 585 g/mol. The van der Waals surface area contributed by atoms with Crippen molar-refractivity contribution in [3.05, 3.63) is 181 Å². The molecule has 48 heavy (non-hydrogen) atoms. The van der Waals surface area contributed by atoms with E-state index in [1.807, 2.05) is 48.5 Å². The van der Waals surface area contributed by atoms with Crippen LogP contribution in [-0.2, 0) is 0 Å². The molecule has 4 heteroatoms. The summed E-state index contributed by atoms with van der Waals surface area (Å²) in [6, 6.07) is 54.5. The van der Waals surface area contributed by atoms with Crippen LogP contribution in [0.4, 0.5) is 11.4 Å². The number of para-hydroxylation sites is 4. The van der Waals surface area contributed by atoms with E-state index in [4.69, 9.17) is 13.1 Å². The molecule has 0 aliphatic carbocycles. The first-order valence-electron chi connectivity index (χ1n) is 15.8. The Morgan fingerprint density at radius 3 is 1.62 bits per heavy atom. The van der Waals surface area contributed by atoms with Gasteiger partial charge < -0.3 is 9.13 Å². The SMILES string of the molecule is [C-]#[N+]c1ccc2c(c1)c1ccccc1n2-c1ccc(-c2ccccc2[N+]#[C-])c(-c2cccc(-n3c4ccccc4c4ccccc43)c2)c1. The van der Waals surface area contributed by atoms with Gasteiger partial charge in [-0.15, -0.1) is 0 Å². The molecule has 7 aromatic carbocycles. The smallest absolute Gasteiger partial charge is 0.194 e. The zero-order valence-electron chi connectivity index (χ0n) is 25.8. The van der Waals surface area contributed by atoms with Gasteiger partial charge in [0.05, 0.1) is 35.2 Å². The van der Waals surface area contributed by atoms with Crippen LogP contribution in [0, 0.1) is 13.1 Å². The Morgan fingerprint density at radius 1 is 0.375 bits per heavy atom. The summed E-state index contributed by atoms with van der Waals surface area (Å²) in [5, 5.41) is 4.60. The second-order valence-corrected chi connectivity index (χ2v) is 11.9. The lowest BCUT2D eigenvalue weighted by molar-refractivity contribution is 1.17. The van der Waals surface area contributed by atoms with Crippen molar-refractivity contribution >= 4 is 55.0 Å². The first kappa shape index (κ1) is 27.4. The monoisotopic (exact) mass is 610 g/mol. The van der Waals surface area contributed by atoms with Gasteiger partial charge in [-0.1, -0.05) is 103 Å². The lowest BCUT2D eigenvalue weighted by atomic mass is 9.92. The topological polar surface area (TPSA) is 18.6 Å². The van der Waals surface area contributed by atoms with E-state index in [0.717, 1.165) is 66.5 Å². The Kier molecular flexibility index (Phi) is 6.22. The predicted molar refractivity (Wildman–Crippen MR) is 199 cm³/mol. The van der Waals surface area contributed by atoms with E-state index in [1.165, 1.54) is 10.8 Å². The standard InChI is InChI=1S/C44H26N4/c1-45-30-22-25-44-39(27-30)37-17-6-10-21-43(37)48(44)32-23-24-33(34-14-3-7-18-40(34)46-2)38(28-32)29-12-11-13-31(26-29)47-41-19-8-4-15-35(41)36-16-5-9-20-42(36)47/h3-28H. The fraction of sp³-hybridized carbons (Fsp3) is 0. The van der Waals surface area contributed by atoms with Crippen molar-refractivity contribution in [3.63, 3.8) is 0 Å². The summed E-state index contributed by atoms with van der Waals surface area (Å²) < 4.78 is 4.62. The molecule has 9 rings (SSSR count). The summed E-state index contributed by atoms with van der Waals surface area (Å²) in [4.78, 5) is 7.60. The number of nitrogens with zero attached hydrogens (tertiary/aromatic N) is 4. The van der Waals surface area contributed by atoms with Crippen LogP contribution in [0.25, 0.3) is 86.9 Å².